The average molecular weight is 152 g/mol. The minimum absolute atomic E-state index is 0.106. The predicted molar refractivity (Wildman–Crippen MR) is 42.8 cm³/mol. The fourth-order valence-corrected chi connectivity index (χ4v) is 1.54. The van der Waals surface area contributed by atoms with Gasteiger partial charge in [0.25, 0.3) is 0 Å². The first-order chi connectivity index (χ1) is 4.88. The molecule has 1 aromatic rings. The lowest BCUT2D eigenvalue weighted by Crippen LogP contribution is -1.84. The van der Waals surface area contributed by atoms with Gasteiger partial charge in [-0.05, 0) is 17.0 Å². The van der Waals surface area contributed by atoms with Gasteiger partial charge >= 0.3 is 0 Å². The number of hydrogen-bond acceptors (Lipinski definition) is 2. The third-order valence-electron chi connectivity index (χ3n) is 1.27. The topological polar surface area (TPSA) is 20.2 Å². The van der Waals surface area contributed by atoms with Crippen LogP contribution in [0, 0.1) is 12.3 Å². The van der Waals surface area contributed by atoms with E-state index in [1.54, 1.807) is 11.3 Å². The van der Waals surface area contributed by atoms with Crippen LogP contribution in [0.1, 0.15) is 10.4 Å². The van der Waals surface area contributed by atoms with Gasteiger partial charge in [-0.1, -0.05) is 0 Å². The largest absolute Gasteiger partial charge is 0.391 e. The van der Waals surface area contributed by atoms with E-state index >= 15 is 0 Å². The van der Waals surface area contributed by atoms with Crippen molar-refractivity contribution in [3.63, 3.8) is 0 Å². The Morgan fingerprint density at radius 2 is 2.50 bits per heavy atom. The van der Waals surface area contributed by atoms with E-state index in [2.05, 4.69) is 5.92 Å². The summed E-state index contributed by atoms with van der Waals surface area (Å²) in [6.07, 6.45) is 5.74. The maximum Gasteiger partial charge on any atom is 0.0777 e. The molecule has 0 aliphatic rings. The zero-order chi connectivity index (χ0) is 7.40. The van der Waals surface area contributed by atoms with Crippen molar-refractivity contribution in [3.05, 3.63) is 21.9 Å². The third kappa shape index (κ3) is 1.38. The molecular weight excluding hydrogens is 144 g/mol. The van der Waals surface area contributed by atoms with Crippen molar-refractivity contribution in [1.29, 1.82) is 0 Å². The normalized spacial score (nSPS) is 9.20. The summed E-state index contributed by atoms with van der Waals surface area (Å²) in [4.78, 5) is 0.984. The number of aliphatic hydroxyl groups excluding tert-OH is 1. The molecule has 1 heterocycles. The van der Waals surface area contributed by atoms with Crippen molar-refractivity contribution < 1.29 is 5.11 Å². The van der Waals surface area contributed by atoms with E-state index in [0.29, 0.717) is 6.42 Å². The molecule has 0 spiro atoms. The summed E-state index contributed by atoms with van der Waals surface area (Å²) in [5, 5.41) is 10.7. The van der Waals surface area contributed by atoms with Gasteiger partial charge in [-0.25, -0.2) is 0 Å². The number of aliphatic hydroxyl groups is 1. The Balaban J connectivity index is 2.82. The summed E-state index contributed by atoms with van der Waals surface area (Å²) < 4.78 is 0. The minimum atomic E-state index is 0.106. The number of terminal acetylenes is 1. The lowest BCUT2D eigenvalue weighted by molar-refractivity contribution is 0.284. The summed E-state index contributed by atoms with van der Waals surface area (Å²) >= 11 is 1.54. The quantitative estimate of drug-likeness (QED) is 0.635. The Labute approximate surface area is 64.3 Å². The molecule has 0 aliphatic carbocycles. The predicted octanol–water partition coefficient (Wildman–Crippen LogP) is 1.42. The fourth-order valence-electron chi connectivity index (χ4n) is 0.773. The summed E-state index contributed by atoms with van der Waals surface area (Å²) in [7, 11) is 0. The highest BCUT2D eigenvalue weighted by Crippen LogP contribution is 2.16. The van der Waals surface area contributed by atoms with Crippen molar-refractivity contribution in [3.8, 4) is 12.3 Å². The summed E-state index contributed by atoms with van der Waals surface area (Å²) in [6.45, 7) is 0.106. The van der Waals surface area contributed by atoms with Crippen molar-refractivity contribution in [2.75, 3.05) is 0 Å². The molecule has 0 radical (unpaired) electrons. The highest BCUT2D eigenvalue weighted by atomic mass is 32.1. The van der Waals surface area contributed by atoms with Crippen molar-refractivity contribution in [1.82, 2.24) is 0 Å². The monoisotopic (exact) mass is 152 g/mol. The number of thiophene rings is 1. The van der Waals surface area contributed by atoms with Crippen LogP contribution in [-0.2, 0) is 13.0 Å². The molecule has 0 aliphatic heterocycles. The smallest absolute Gasteiger partial charge is 0.0777 e. The second-order valence-electron chi connectivity index (χ2n) is 1.91. The highest BCUT2D eigenvalue weighted by molar-refractivity contribution is 7.10. The zero-order valence-corrected chi connectivity index (χ0v) is 6.32. The van der Waals surface area contributed by atoms with Crippen molar-refractivity contribution >= 4 is 11.3 Å². The van der Waals surface area contributed by atoms with Crippen LogP contribution < -0.4 is 0 Å². The van der Waals surface area contributed by atoms with Crippen LogP contribution in [0.25, 0.3) is 0 Å². The van der Waals surface area contributed by atoms with Gasteiger partial charge < -0.3 is 5.11 Å². The van der Waals surface area contributed by atoms with E-state index in [1.807, 2.05) is 11.4 Å². The van der Waals surface area contributed by atoms with Gasteiger partial charge in [-0.3, -0.25) is 0 Å². The van der Waals surface area contributed by atoms with Gasteiger partial charge in [0.1, 0.15) is 0 Å². The summed E-state index contributed by atoms with van der Waals surface area (Å²) in [6, 6.07) is 1.95. The lowest BCUT2D eigenvalue weighted by atomic mass is 10.2. The Morgan fingerprint density at radius 1 is 1.70 bits per heavy atom. The second-order valence-corrected chi connectivity index (χ2v) is 2.91. The first-order valence-electron chi connectivity index (χ1n) is 2.98. The number of hydrogen-bond donors (Lipinski definition) is 1. The van der Waals surface area contributed by atoms with Crippen LogP contribution in [0.2, 0.25) is 0 Å². The van der Waals surface area contributed by atoms with Gasteiger partial charge in [-0.2, -0.15) is 0 Å². The maximum atomic E-state index is 8.78. The van der Waals surface area contributed by atoms with E-state index in [4.69, 9.17) is 11.5 Å². The SMILES string of the molecule is C#CCc1ccsc1CO. The van der Waals surface area contributed by atoms with Gasteiger partial charge in [0.05, 0.1) is 6.61 Å². The average Bonchev–Trinajstić information content (AvgIpc) is 2.36. The lowest BCUT2D eigenvalue weighted by Gasteiger charge is -1.92. The molecule has 0 aromatic carbocycles. The van der Waals surface area contributed by atoms with E-state index in [-0.39, 0.29) is 6.61 Å². The maximum absolute atomic E-state index is 8.78. The van der Waals surface area contributed by atoms with E-state index < -0.39 is 0 Å². The molecule has 1 rings (SSSR count). The standard InChI is InChI=1S/C8H8OS/c1-2-3-7-4-5-10-8(7)6-9/h1,4-5,9H,3,6H2. The molecule has 0 saturated carbocycles. The molecule has 2 heteroatoms. The zero-order valence-electron chi connectivity index (χ0n) is 5.50. The van der Waals surface area contributed by atoms with Crippen molar-refractivity contribution in [2.24, 2.45) is 0 Å². The molecule has 0 unspecified atom stereocenters. The van der Waals surface area contributed by atoms with Crippen LogP contribution in [-0.4, -0.2) is 5.11 Å². The second kappa shape index (κ2) is 3.40. The van der Waals surface area contributed by atoms with Crippen LogP contribution in [0.4, 0.5) is 0 Å². The minimum Gasteiger partial charge on any atom is -0.391 e. The number of rotatable bonds is 2. The molecular formula is C8H8OS. The first-order valence-corrected chi connectivity index (χ1v) is 3.86. The van der Waals surface area contributed by atoms with E-state index in [0.717, 1.165) is 10.4 Å². The van der Waals surface area contributed by atoms with E-state index in [9.17, 15) is 0 Å². The van der Waals surface area contributed by atoms with Gasteiger partial charge in [-0.15, -0.1) is 23.7 Å². The van der Waals surface area contributed by atoms with Crippen molar-refractivity contribution in [2.45, 2.75) is 13.0 Å². The molecule has 0 amide bonds. The van der Waals surface area contributed by atoms with Crippen LogP contribution >= 0.6 is 11.3 Å². The Bertz CT molecular complexity index is 244. The van der Waals surface area contributed by atoms with E-state index in [1.165, 1.54) is 0 Å². The van der Waals surface area contributed by atoms with Crippen LogP contribution in [0.15, 0.2) is 11.4 Å². The molecule has 1 N–H and O–H groups in total. The molecule has 0 atom stereocenters. The Kier molecular flexibility index (Phi) is 2.49. The molecule has 10 heavy (non-hydrogen) atoms. The summed E-state index contributed by atoms with van der Waals surface area (Å²) in [5.74, 6) is 2.54. The first kappa shape index (κ1) is 7.33. The Morgan fingerprint density at radius 3 is 3.10 bits per heavy atom. The van der Waals surface area contributed by atoms with Gasteiger partial charge in [0, 0.05) is 11.3 Å². The molecule has 1 nitrogen and oxygen atoms in total. The molecule has 52 valence electrons. The Hall–Kier alpha value is -0.780. The molecule has 1 aromatic heterocycles. The fraction of sp³-hybridized carbons (Fsp3) is 0.250. The van der Waals surface area contributed by atoms with Crippen LogP contribution in [0.3, 0.4) is 0 Å². The highest BCUT2D eigenvalue weighted by Gasteiger charge is 1.99. The van der Waals surface area contributed by atoms with Gasteiger partial charge in [0.2, 0.25) is 0 Å². The molecule has 0 fully saturated rings. The third-order valence-corrected chi connectivity index (χ3v) is 2.22. The molecule has 0 saturated heterocycles. The molecule has 0 bridgehead atoms. The summed E-state index contributed by atoms with van der Waals surface area (Å²) in [5.41, 5.74) is 1.08. The van der Waals surface area contributed by atoms with Crippen LogP contribution in [0.5, 0.6) is 0 Å². The van der Waals surface area contributed by atoms with Gasteiger partial charge in [0.15, 0.2) is 0 Å².